The van der Waals surface area contributed by atoms with Gasteiger partial charge in [0.05, 0.1) is 17.2 Å². The molecule has 0 radical (unpaired) electrons. The highest BCUT2D eigenvalue weighted by Crippen LogP contribution is 2.41. The first-order valence-electron chi connectivity index (χ1n) is 12.2. The van der Waals surface area contributed by atoms with Crippen LogP contribution in [0.5, 0.6) is 5.75 Å². The summed E-state index contributed by atoms with van der Waals surface area (Å²) >= 11 is 6.20. The van der Waals surface area contributed by atoms with Crippen LogP contribution >= 0.6 is 11.6 Å². The number of likely N-dealkylation sites (tertiary alicyclic amines) is 1. The van der Waals surface area contributed by atoms with Gasteiger partial charge in [0.15, 0.2) is 0 Å². The van der Waals surface area contributed by atoms with Crippen molar-refractivity contribution >= 4 is 23.4 Å². The van der Waals surface area contributed by atoms with E-state index in [1.807, 2.05) is 0 Å². The number of hydrogen-bond donors (Lipinski definition) is 1. The second-order valence-corrected chi connectivity index (χ2v) is 9.90. The minimum absolute atomic E-state index is 0.168. The summed E-state index contributed by atoms with van der Waals surface area (Å²) < 4.78 is 47.2. The molecule has 0 aromatic heterocycles. The molecule has 10 heteroatoms. The van der Waals surface area contributed by atoms with Gasteiger partial charge in [0.2, 0.25) is 0 Å². The molecule has 0 spiro atoms. The van der Waals surface area contributed by atoms with E-state index in [-0.39, 0.29) is 24.9 Å². The van der Waals surface area contributed by atoms with E-state index in [4.69, 9.17) is 16.3 Å². The fraction of sp³-hybridized carbons (Fsp3) is 0.481. The van der Waals surface area contributed by atoms with Gasteiger partial charge in [-0.1, -0.05) is 48.4 Å². The largest absolute Gasteiger partial charge is 0.494 e. The van der Waals surface area contributed by atoms with Crippen LogP contribution in [0.25, 0.3) is 0 Å². The zero-order valence-electron chi connectivity index (χ0n) is 20.9. The Balaban J connectivity index is 1.44. The van der Waals surface area contributed by atoms with Crippen LogP contribution in [0.2, 0.25) is 5.02 Å². The standard InChI is InChI=1S/C27H32ClF3N2O4/c1-32(2)24(34)22-12-11-21(18-23(22)28)37-17-7-6-8-19-13-15-33(16-14-19)25(35)26(36,27(29,30)31)20-9-4-3-5-10-20/h3-5,9-12,18-19,36H,6-8,13-17H2,1-2H3. The number of piperidine rings is 1. The predicted octanol–water partition coefficient (Wildman–Crippen LogP) is 5.28. The number of ether oxygens (including phenoxy) is 1. The SMILES string of the molecule is CN(C)C(=O)c1ccc(OCCCCC2CCN(C(=O)C(O)(c3ccccc3)C(F)(F)F)CC2)cc1Cl. The van der Waals surface area contributed by atoms with Gasteiger partial charge < -0.3 is 19.6 Å². The monoisotopic (exact) mass is 540 g/mol. The first kappa shape index (κ1) is 28.8. The number of halogens is 4. The summed E-state index contributed by atoms with van der Waals surface area (Å²) in [5.41, 5.74) is -3.63. The number of aliphatic hydroxyl groups is 1. The highest BCUT2D eigenvalue weighted by molar-refractivity contribution is 6.34. The summed E-state index contributed by atoms with van der Waals surface area (Å²) in [7, 11) is 3.30. The molecule has 1 aliphatic rings. The van der Waals surface area contributed by atoms with E-state index < -0.39 is 23.2 Å². The van der Waals surface area contributed by atoms with Gasteiger partial charge in [-0.25, -0.2) is 0 Å². The molecule has 1 saturated heterocycles. The maximum Gasteiger partial charge on any atom is 0.430 e. The van der Waals surface area contributed by atoms with E-state index in [2.05, 4.69) is 0 Å². The van der Waals surface area contributed by atoms with Crippen molar-refractivity contribution < 1.29 is 32.6 Å². The number of carbonyl (C=O) groups excluding carboxylic acids is 2. The van der Waals surface area contributed by atoms with E-state index in [1.165, 1.54) is 23.1 Å². The second kappa shape index (κ2) is 12.2. The fourth-order valence-corrected chi connectivity index (χ4v) is 4.72. The van der Waals surface area contributed by atoms with Crippen LogP contribution in [-0.2, 0) is 10.4 Å². The summed E-state index contributed by atoms with van der Waals surface area (Å²) in [5.74, 6) is -0.657. The normalized spacial score (nSPS) is 16.2. The maximum atomic E-state index is 13.8. The molecule has 1 aliphatic heterocycles. The minimum atomic E-state index is -5.13. The lowest BCUT2D eigenvalue weighted by Crippen LogP contribution is -2.57. The Morgan fingerprint density at radius 3 is 2.30 bits per heavy atom. The van der Waals surface area contributed by atoms with Gasteiger partial charge in [0.25, 0.3) is 17.4 Å². The third kappa shape index (κ3) is 6.76. The first-order chi connectivity index (χ1) is 17.4. The number of nitrogens with zero attached hydrogens (tertiary/aromatic N) is 2. The molecule has 2 aromatic carbocycles. The lowest BCUT2D eigenvalue weighted by molar-refractivity contribution is -0.262. The van der Waals surface area contributed by atoms with Gasteiger partial charge in [-0.05, 0) is 49.8 Å². The number of unbranched alkanes of at least 4 members (excludes halogenated alkanes) is 1. The van der Waals surface area contributed by atoms with Gasteiger partial charge >= 0.3 is 6.18 Å². The Hall–Kier alpha value is -2.78. The lowest BCUT2D eigenvalue weighted by atomic mass is 9.88. The van der Waals surface area contributed by atoms with Crippen molar-refractivity contribution in [2.75, 3.05) is 33.8 Å². The zero-order valence-corrected chi connectivity index (χ0v) is 21.7. The molecule has 0 aliphatic carbocycles. The summed E-state index contributed by atoms with van der Waals surface area (Å²) in [6, 6.07) is 11.4. The van der Waals surface area contributed by atoms with E-state index >= 15 is 0 Å². The Kier molecular flexibility index (Phi) is 9.47. The van der Waals surface area contributed by atoms with Gasteiger partial charge in [-0.2, -0.15) is 13.2 Å². The molecule has 6 nitrogen and oxygen atoms in total. The van der Waals surface area contributed by atoms with Crippen molar-refractivity contribution in [3.8, 4) is 5.75 Å². The number of benzene rings is 2. The molecule has 1 fully saturated rings. The molecular formula is C27H32ClF3N2O4. The minimum Gasteiger partial charge on any atom is -0.494 e. The van der Waals surface area contributed by atoms with Crippen LogP contribution in [-0.4, -0.2) is 66.7 Å². The Morgan fingerprint density at radius 1 is 1.08 bits per heavy atom. The molecule has 202 valence electrons. The molecule has 3 rings (SSSR count). The van der Waals surface area contributed by atoms with Crippen LogP contribution in [0.4, 0.5) is 13.2 Å². The Labute approximate surface area is 220 Å². The van der Waals surface area contributed by atoms with Crippen LogP contribution in [0, 0.1) is 5.92 Å². The third-order valence-electron chi connectivity index (χ3n) is 6.67. The van der Waals surface area contributed by atoms with Crippen LogP contribution in [0.1, 0.15) is 48.0 Å². The van der Waals surface area contributed by atoms with Gasteiger partial charge in [0.1, 0.15) is 5.75 Å². The predicted molar refractivity (Wildman–Crippen MR) is 135 cm³/mol. The number of amides is 2. The Bertz CT molecular complexity index is 1070. The highest BCUT2D eigenvalue weighted by Gasteiger charge is 2.62. The zero-order chi connectivity index (χ0) is 27.2. The van der Waals surface area contributed by atoms with Crippen molar-refractivity contribution in [3.63, 3.8) is 0 Å². The lowest BCUT2D eigenvalue weighted by Gasteiger charge is -2.38. The van der Waals surface area contributed by atoms with Crippen LogP contribution in [0.15, 0.2) is 48.5 Å². The topological polar surface area (TPSA) is 70.1 Å². The smallest absolute Gasteiger partial charge is 0.430 e. The molecule has 2 aromatic rings. The van der Waals surface area contributed by atoms with E-state index in [9.17, 15) is 27.9 Å². The summed E-state index contributed by atoms with van der Waals surface area (Å²) in [5, 5.41) is 10.8. The molecule has 0 saturated carbocycles. The molecular weight excluding hydrogens is 509 g/mol. The molecule has 0 bridgehead atoms. The molecule has 1 heterocycles. The molecule has 2 amide bonds. The highest BCUT2D eigenvalue weighted by atomic mass is 35.5. The van der Waals surface area contributed by atoms with Crippen LogP contribution < -0.4 is 4.74 Å². The van der Waals surface area contributed by atoms with Crippen molar-refractivity contribution in [3.05, 3.63) is 64.7 Å². The summed E-state index contributed by atoms with van der Waals surface area (Å²) in [6.07, 6.45) is -1.48. The van der Waals surface area contributed by atoms with E-state index in [1.54, 1.807) is 32.3 Å². The van der Waals surface area contributed by atoms with Crippen molar-refractivity contribution in [1.29, 1.82) is 0 Å². The summed E-state index contributed by atoms with van der Waals surface area (Å²) in [6.45, 7) is 0.799. The third-order valence-corrected chi connectivity index (χ3v) is 6.98. The van der Waals surface area contributed by atoms with E-state index in [0.717, 1.165) is 36.3 Å². The summed E-state index contributed by atoms with van der Waals surface area (Å²) in [4.78, 5) is 27.5. The molecule has 1 atom stereocenters. The van der Waals surface area contributed by atoms with Crippen molar-refractivity contribution in [1.82, 2.24) is 9.80 Å². The average Bonchev–Trinajstić information content (AvgIpc) is 2.87. The number of rotatable bonds is 9. The molecule has 1 N–H and O–H groups in total. The number of hydrogen-bond acceptors (Lipinski definition) is 4. The van der Waals surface area contributed by atoms with Gasteiger partial charge in [-0.3, -0.25) is 9.59 Å². The first-order valence-corrected chi connectivity index (χ1v) is 12.6. The van der Waals surface area contributed by atoms with Crippen LogP contribution in [0.3, 0.4) is 0 Å². The van der Waals surface area contributed by atoms with Gasteiger partial charge in [0, 0.05) is 32.7 Å². The second-order valence-electron chi connectivity index (χ2n) is 9.50. The average molecular weight is 541 g/mol. The quantitative estimate of drug-likeness (QED) is 0.439. The Morgan fingerprint density at radius 2 is 1.73 bits per heavy atom. The number of carbonyl (C=O) groups is 2. The maximum absolute atomic E-state index is 13.8. The fourth-order valence-electron chi connectivity index (χ4n) is 4.47. The number of alkyl halides is 3. The van der Waals surface area contributed by atoms with Crippen molar-refractivity contribution in [2.45, 2.75) is 43.9 Å². The van der Waals surface area contributed by atoms with Crippen molar-refractivity contribution in [2.24, 2.45) is 5.92 Å². The van der Waals surface area contributed by atoms with Gasteiger partial charge in [-0.15, -0.1) is 0 Å². The molecule has 37 heavy (non-hydrogen) atoms. The van der Waals surface area contributed by atoms with E-state index in [0.29, 0.717) is 35.8 Å². The molecule has 1 unspecified atom stereocenters.